The van der Waals surface area contributed by atoms with Gasteiger partial charge in [-0.15, -0.1) is 0 Å². The van der Waals surface area contributed by atoms with Crippen LogP contribution in [0.4, 0.5) is 0 Å². The number of aryl methyl sites for hydroxylation is 1. The molecule has 0 saturated carbocycles. The molecule has 3 rings (SSSR count). The van der Waals surface area contributed by atoms with Gasteiger partial charge in [0.15, 0.2) is 5.76 Å². The van der Waals surface area contributed by atoms with E-state index < -0.39 is 10.0 Å². The molecule has 1 aromatic heterocycles. The van der Waals surface area contributed by atoms with Crippen LogP contribution in [0, 0.1) is 13.8 Å². The average molecular weight is 365 g/mol. The first-order chi connectivity index (χ1) is 11.8. The number of nitrogens with zero attached hydrogens (tertiary/aromatic N) is 3. The van der Waals surface area contributed by atoms with Crippen LogP contribution in [0.5, 0.6) is 5.75 Å². The van der Waals surface area contributed by atoms with Crippen molar-refractivity contribution in [2.75, 3.05) is 40.3 Å². The highest BCUT2D eigenvalue weighted by Gasteiger charge is 2.30. The molecule has 136 valence electrons. The summed E-state index contributed by atoms with van der Waals surface area (Å²) in [5, 5.41) is 3.95. The Morgan fingerprint density at radius 3 is 2.40 bits per heavy atom. The van der Waals surface area contributed by atoms with Gasteiger partial charge in [0.25, 0.3) is 0 Å². The topological polar surface area (TPSA) is 75.9 Å². The second-order valence-electron chi connectivity index (χ2n) is 6.30. The van der Waals surface area contributed by atoms with Crippen LogP contribution >= 0.6 is 0 Å². The van der Waals surface area contributed by atoms with Crippen LogP contribution in [0.3, 0.4) is 0 Å². The molecule has 1 saturated heterocycles. The van der Waals surface area contributed by atoms with E-state index in [4.69, 9.17) is 9.26 Å². The van der Waals surface area contributed by atoms with Crippen LogP contribution in [-0.4, -0.2) is 63.1 Å². The fourth-order valence-electron chi connectivity index (χ4n) is 2.87. The number of ether oxygens (including phenoxy) is 1. The quantitative estimate of drug-likeness (QED) is 0.824. The van der Waals surface area contributed by atoms with Crippen LogP contribution in [0.15, 0.2) is 27.6 Å². The number of aromatic nitrogens is 1. The monoisotopic (exact) mass is 365 g/mol. The first-order valence-corrected chi connectivity index (χ1v) is 9.58. The van der Waals surface area contributed by atoms with Gasteiger partial charge in [-0.05, 0) is 39.1 Å². The molecule has 0 N–H and O–H groups in total. The average Bonchev–Trinajstić information content (AvgIpc) is 2.94. The van der Waals surface area contributed by atoms with E-state index in [1.54, 1.807) is 18.2 Å². The standard InChI is InChI=1S/C17H23N3O4S/c1-12-13(2)18-24-17(12)14-5-6-15(23-4)16(11-14)25(21,22)20-9-7-19(3)8-10-20/h5-6,11H,7-10H2,1-4H3. The van der Waals surface area contributed by atoms with Crippen molar-refractivity contribution in [3.05, 3.63) is 29.5 Å². The van der Waals surface area contributed by atoms with Gasteiger partial charge in [-0.2, -0.15) is 4.31 Å². The summed E-state index contributed by atoms with van der Waals surface area (Å²) in [6.07, 6.45) is 0. The lowest BCUT2D eigenvalue weighted by Crippen LogP contribution is -2.47. The third kappa shape index (κ3) is 3.29. The minimum absolute atomic E-state index is 0.158. The molecule has 0 unspecified atom stereocenters. The summed E-state index contributed by atoms with van der Waals surface area (Å²) in [5.74, 6) is 0.909. The van der Waals surface area contributed by atoms with Gasteiger partial charge in [0, 0.05) is 37.3 Å². The molecule has 0 aliphatic carbocycles. The molecule has 0 bridgehead atoms. The zero-order valence-corrected chi connectivity index (χ0v) is 15.8. The maximum atomic E-state index is 13.1. The molecule has 0 radical (unpaired) electrons. The lowest BCUT2D eigenvalue weighted by Gasteiger charge is -2.31. The molecular formula is C17H23N3O4S. The molecule has 0 atom stereocenters. The van der Waals surface area contributed by atoms with E-state index in [-0.39, 0.29) is 4.90 Å². The number of likely N-dealkylation sites (N-methyl/N-ethyl adjacent to an activating group) is 1. The number of sulfonamides is 1. The van der Waals surface area contributed by atoms with Gasteiger partial charge in [-0.25, -0.2) is 8.42 Å². The van der Waals surface area contributed by atoms with Crippen molar-refractivity contribution in [2.45, 2.75) is 18.7 Å². The van der Waals surface area contributed by atoms with Gasteiger partial charge in [-0.3, -0.25) is 0 Å². The highest BCUT2D eigenvalue weighted by atomic mass is 32.2. The highest BCUT2D eigenvalue weighted by molar-refractivity contribution is 7.89. The van der Waals surface area contributed by atoms with Crippen LogP contribution in [0.25, 0.3) is 11.3 Å². The number of rotatable bonds is 4. The zero-order valence-electron chi connectivity index (χ0n) is 14.9. The number of hydrogen-bond donors (Lipinski definition) is 0. The minimum atomic E-state index is -3.65. The maximum absolute atomic E-state index is 13.1. The second kappa shape index (κ2) is 6.78. The van der Waals surface area contributed by atoms with Gasteiger partial charge < -0.3 is 14.2 Å². The molecule has 8 heteroatoms. The number of methoxy groups -OCH3 is 1. The Hall–Kier alpha value is -1.90. The minimum Gasteiger partial charge on any atom is -0.495 e. The Labute approximate surface area is 148 Å². The number of hydrogen-bond acceptors (Lipinski definition) is 6. The van der Waals surface area contributed by atoms with E-state index in [1.165, 1.54) is 11.4 Å². The molecule has 1 aliphatic heterocycles. The fraction of sp³-hybridized carbons (Fsp3) is 0.471. The summed E-state index contributed by atoms with van der Waals surface area (Å²) in [5.41, 5.74) is 2.36. The summed E-state index contributed by atoms with van der Waals surface area (Å²) in [4.78, 5) is 2.27. The first kappa shape index (κ1) is 17.9. The Balaban J connectivity index is 2.05. The lowest BCUT2D eigenvalue weighted by atomic mass is 10.1. The molecular weight excluding hydrogens is 342 g/mol. The van der Waals surface area contributed by atoms with E-state index in [9.17, 15) is 8.42 Å². The molecule has 25 heavy (non-hydrogen) atoms. The van der Waals surface area contributed by atoms with E-state index in [0.717, 1.165) is 11.3 Å². The van der Waals surface area contributed by atoms with Gasteiger partial charge in [0.05, 0.1) is 12.8 Å². The summed E-state index contributed by atoms with van der Waals surface area (Å²) < 4.78 is 38.4. The molecule has 0 spiro atoms. The predicted octanol–water partition coefficient (Wildman–Crippen LogP) is 1.90. The van der Waals surface area contributed by atoms with E-state index in [0.29, 0.717) is 43.3 Å². The summed E-state index contributed by atoms with van der Waals surface area (Å²) in [7, 11) is -0.185. The third-order valence-electron chi connectivity index (χ3n) is 4.66. The Bertz CT molecular complexity index is 868. The van der Waals surface area contributed by atoms with Crippen LogP contribution < -0.4 is 4.74 Å². The highest BCUT2D eigenvalue weighted by Crippen LogP contribution is 2.34. The summed E-state index contributed by atoms with van der Waals surface area (Å²) >= 11 is 0. The van der Waals surface area contributed by atoms with Crippen LogP contribution in [-0.2, 0) is 10.0 Å². The van der Waals surface area contributed by atoms with Crippen molar-refractivity contribution in [1.82, 2.24) is 14.4 Å². The largest absolute Gasteiger partial charge is 0.495 e. The molecule has 7 nitrogen and oxygen atoms in total. The maximum Gasteiger partial charge on any atom is 0.246 e. The van der Waals surface area contributed by atoms with Crippen molar-refractivity contribution in [2.24, 2.45) is 0 Å². The van der Waals surface area contributed by atoms with Gasteiger partial charge in [-0.1, -0.05) is 5.16 Å². The molecule has 2 heterocycles. The second-order valence-corrected chi connectivity index (χ2v) is 8.20. The van der Waals surface area contributed by atoms with Crippen molar-refractivity contribution < 1.29 is 17.7 Å². The van der Waals surface area contributed by atoms with Crippen LogP contribution in [0.2, 0.25) is 0 Å². The molecule has 1 aromatic carbocycles. The van der Waals surface area contributed by atoms with E-state index in [2.05, 4.69) is 10.1 Å². The van der Waals surface area contributed by atoms with E-state index in [1.807, 2.05) is 20.9 Å². The number of piperazine rings is 1. The molecule has 1 aliphatic rings. The molecule has 0 amide bonds. The van der Waals surface area contributed by atoms with Crippen LogP contribution in [0.1, 0.15) is 11.3 Å². The fourth-order valence-corrected chi connectivity index (χ4v) is 4.48. The van der Waals surface area contributed by atoms with Crippen molar-refractivity contribution >= 4 is 10.0 Å². The normalized spacial score (nSPS) is 17.0. The zero-order chi connectivity index (χ0) is 18.2. The Morgan fingerprint density at radius 2 is 1.84 bits per heavy atom. The Morgan fingerprint density at radius 1 is 1.16 bits per heavy atom. The third-order valence-corrected chi connectivity index (χ3v) is 6.58. The molecule has 2 aromatic rings. The Kier molecular flexibility index (Phi) is 4.86. The smallest absolute Gasteiger partial charge is 0.246 e. The predicted molar refractivity (Wildman–Crippen MR) is 94.2 cm³/mol. The summed E-state index contributed by atoms with van der Waals surface area (Å²) in [6, 6.07) is 5.06. The van der Waals surface area contributed by atoms with Gasteiger partial charge >= 0.3 is 0 Å². The SMILES string of the molecule is COc1ccc(-c2onc(C)c2C)cc1S(=O)(=O)N1CCN(C)CC1. The lowest BCUT2D eigenvalue weighted by molar-refractivity contribution is 0.222. The number of benzene rings is 1. The summed E-state index contributed by atoms with van der Waals surface area (Å²) in [6.45, 7) is 6.11. The van der Waals surface area contributed by atoms with Gasteiger partial charge in [0.2, 0.25) is 10.0 Å². The van der Waals surface area contributed by atoms with Crippen molar-refractivity contribution in [3.8, 4) is 17.1 Å². The molecule has 1 fully saturated rings. The van der Waals surface area contributed by atoms with Gasteiger partial charge in [0.1, 0.15) is 10.6 Å². The van der Waals surface area contributed by atoms with E-state index >= 15 is 0 Å². The first-order valence-electron chi connectivity index (χ1n) is 8.14. The van der Waals surface area contributed by atoms with Crippen molar-refractivity contribution in [1.29, 1.82) is 0 Å². The van der Waals surface area contributed by atoms with Crippen molar-refractivity contribution in [3.63, 3.8) is 0 Å².